The molecular weight excluding hydrogens is 212 g/mol. The Morgan fingerprint density at radius 1 is 1.29 bits per heavy atom. The summed E-state index contributed by atoms with van der Waals surface area (Å²) in [5.41, 5.74) is 0.632. The SMILES string of the molecule is CCCC(C)(CC)C(=O)Oc1ccccc1C. The molecule has 0 heterocycles. The number of benzene rings is 1. The number of ether oxygens (including phenoxy) is 1. The smallest absolute Gasteiger partial charge is 0.317 e. The third-order valence-electron chi connectivity index (χ3n) is 3.37. The molecule has 1 aromatic rings. The van der Waals surface area contributed by atoms with Crippen molar-refractivity contribution in [2.24, 2.45) is 5.41 Å². The van der Waals surface area contributed by atoms with E-state index in [1.807, 2.05) is 45.0 Å². The van der Waals surface area contributed by atoms with E-state index >= 15 is 0 Å². The Bertz CT molecular complexity index is 384. The Hall–Kier alpha value is -1.31. The van der Waals surface area contributed by atoms with Crippen LogP contribution in [0.4, 0.5) is 0 Å². The van der Waals surface area contributed by atoms with Crippen LogP contribution >= 0.6 is 0 Å². The summed E-state index contributed by atoms with van der Waals surface area (Å²) < 4.78 is 5.51. The first-order valence-corrected chi connectivity index (χ1v) is 6.31. The third kappa shape index (κ3) is 3.32. The topological polar surface area (TPSA) is 26.3 Å². The predicted molar refractivity (Wildman–Crippen MR) is 70.1 cm³/mol. The van der Waals surface area contributed by atoms with Crippen LogP contribution < -0.4 is 4.74 Å². The second-order valence-corrected chi connectivity index (χ2v) is 4.82. The highest BCUT2D eigenvalue weighted by molar-refractivity contribution is 5.79. The fourth-order valence-corrected chi connectivity index (χ4v) is 1.87. The maximum atomic E-state index is 12.2. The van der Waals surface area contributed by atoms with Crippen LogP contribution in [0.5, 0.6) is 5.75 Å². The number of rotatable bonds is 5. The minimum atomic E-state index is -0.364. The molecule has 0 amide bonds. The van der Waals surface area contributed by atoms with Crippen molar-refractivity contribution in [1.29, 1.82) is 0 Å². The van der Waals surface area contributed by atoms with E-state index in [2.05, 4.69) is 6.92 Å². The van der Waals surface area contributed by atoms with Gasteiger partial charge in [0.25, 0.3) is 0 Å². The van der Waals surface area contributed by atoms with Gasteiger partial charge in [-0.05, 0) is 38.3 Å². The Kier molecular flexibility index (Phi) is 4.73. The zero-order valence-corrected chi connectivity index (χ0v) is 11.2. The first-order valence-electron chi connectivity index (χ1n) is 6.31. The van der Waals surface area contributed by atoms with Crippen LogP contribution in [0, 0.1) is 12.3 Å². The summed E-state index contributed by atoms with van der Waals surface area (Å²) in [6.45, 7) is 8.06. The average Bonchev–Trinajstić information content (AvgIpc) is 2.32. The maximum Gasteiger partial charge on any atom is 0.317 e. The van der Waals surface area contributed by atoms with Crippen molar-refractivity contribution in [1.82, 2.24) is 0 Å². The van der Waals surface area contributed by atoms with Gasteiger partial charge >= 0.3 is 5.97 Å². The van der Waals surface area contributed by atoms with Gasteiger partial charge in [0.1, 0.15) is 5.75 Å². The van der Waals surface area contributed by atoms with E-state index in [9.17, 15) is 4.79 Å². The Balaban J connectivity index is 2.81. The zero-order chi connectivity index (χ0) is 12.9. The van der Waals surface area contributed by atoms with Gasteiger partial charge in [-0.25, -0.2) is 0 Å². The van der Waals surface area contributed by atoms with Crippen LogP contribution in [-0.2, 0) is 4.79 Å². The second-order valence-electron chi connectivity index (χ2n) is 4.82. The predicted octanol–water partition coefficient (Wildman–Crippen LogP) is 4.12. The van der Waals surface area contributed by atoms with Gasteiger partial charge in [-0.2, -0.15) is 0 Å². The third-order valence-corrected chi connectivity index (χ3v) is 3.37. The van der Waals surface area contributed by atoms with Crippen molar-refractivity contribution in [2.75, 3.05) is 0 Å². The lowest BCUT2D eigenvalue weighted by molar-refractivity contribution is -0.145. The van der Waals surface area contributed by atoms with Crippen LogP contribution in [0.2, 0.25) is 0 Å². The van der Waals surface area contributed by atoms with Crippen LogP contribution in [0.25, 0.3) is 0 Å². The average molecular weight is 234 g/mol. The van der Waals surface area contributed by atoms with E-state index in [0.29, 0.717) is 5.75 Å². The molecule has 1 aromatic carbocycles. The molecule has 0 saturated carbocycles. The van der Waals surface area contributed by atoms with Gasteiger partial charge in [-0.1, -0.05) is 38.5 Å². The molecular formula is C15H22O2. The largest absolute Gasteiger partial charge is 0.426 e. The molecule has 17 heavy (non-hydrogen) atoms. The number of esters is 1. The van der Waals surface area contributed by atoms with Crippen molar-refractivity contribution in [2.45, 2.75) is 47.0 Å². The number of aryl methyl sites for hydroxylation is 1. The van der Waals surface area contributed by atoms with Crippen LogP contribution in [0.3, 0.4) is 0 Å². The van der Waals surface area contributed by atoms with Crippen LogP contribution in [0.1, 0.15) is 45.6 Å². The molecule has 1 unspecified atom stereocenters. The molecule has 0 fully saturated rings. The molecule has 1 atom stereocenters. The molecule has 1 rings (SSSR count). The highest BCUT2D eigenvalue weighted by Gasteiger charge is 2.32. The van der Waals surface area contributed by atoms with Crippen LogP contribution in [-0.4, -0.2) is 5.97 Å². The van der Waals surface area contributed by atoms with Gasteiger partial charge in [0, 0.05) is 0 Å². The summed E-state index contributed by atoms with van der Waals surface area (Å²) in [5, 5.41) is 0. The van der Waals surface area contributed by atoms with E-state index < -0.39 is 0 Å². The molecule has 0 aliphatic rings. The highest BCUT2D eigenvalue weighted by Crippen LogP contribution is 2.30. The van der Waals surface area contributed by atoms with Gasteiger partial charge in [-0.3, -0.25) is 4.79 Å². The molecule has 94 valence electrons. The summed E-state index contributed by atoms with van der Waals surface area (Å²) in [4.78, 5) is 12.2. The van der Waals surface area contributed by atoms with E-state index in [1.165, 1.54) is 0 Å². The Labute approximate surface area is 104 Å². The number of carbonyl (C=O) groups excluding carboxylic acids is 1. The second kappa shape index (κ2) is 5.85. The van der Waals surface area contributed by atoms with Crippen molar-refractivity contribution in [3.8, 4) is 5.75 Å². The Morgan fingerprint density at radius 3 is 2.47 bits per heavy atom. The fraction of sp³-hybridized carbons (Fsp3) is 0.533. The van der Waals surface area contributed by atoms with Crippen LogP contribution in [0.15, 0.2) is 24.3 Å². The fourth-order valence-electron chi connectivity index (χ4n) is 1.87. The lowest BCUT2D eigenvalue weighted by Gasteiger charge is -2.25. The minimum Gasteiger partial charge on any atom is -0.426 e. The van der Waals surface area contributed by atoms with Crippen molar-refractivity contribution in [3.63, 3.8) is 0 Å². The Morgan fingerprint density at radius 2 is 1.94 bits per heavy atom. The van der Waals surface area contributed by atoms with Crippen molar-refractivity contribution in [3.05, 3.63) is 29.8 Å². The van der Waals surface area contributed by atoms with Crippen molar-refractivity contribution < 1.29 is 9.53 Å². The number of para-hydroxylation sites is 1. The van der Waals surface area contributed by atoms with Gasteiger partial charge in [-0.15, -0.1) is 0 Å². The summed E-state index contributed by atoms with van der Waals surface area (Å²) in [5.74, 6) is 0.560. The molecule has 2 heteroatoms. The van der Waals surface area contributed by atoms with Crippen molar-refractivity contribution >= 4 is 5.97 Å². The first-order chi connectivity index (χ1) is 8.03. The maximum absolute atomic E-state index is 12.2. The molecule has 0 N–H and O–H groups in total. The van der Waals surface area contributed by atoms with Gasteiger partial charge < -0.3 is 4.74 Å². The summed E-state index contributed by atoms with van der Waals surface area (Å²) in [6.07, 6.45) is 2.67. The number of carbonyl (C=O) groups is 1. The lowest BCUT2D eigenvalue weighted by Crippen LogP contribution is -2.31. The molecule has 2 nitrogen and oxygen atoms in total. The highest BCUT2D eigenvalue weighted by atomic mass is 16.5. The minimum absolute atomic E-state index is 0.115. The van der Waals surface area contributed by atoms with E-state index in [0.717, 1.165) is 24.8 Å². The van der Waals surface area contributed by atoms with E-state index in [1.54, 1.807) is 0 Å². The zero-order valence-electron chi connectivity index (χ0n) is 11.2. The monoisotopic (exact) mass is 234 g/mol. The molecule has 0 aliphatic carbocycles. The van der Waals surface area contributed by atoms with E-state index in [-0.39, 0.29) is 11.4 Å². The summed E-state index contributed by atoms with van der Waals surface area (Å²) in [7, 11) is 0. The van der Waals surface area contributed by atoms with Gasteiger partial charge in [0.2, 0.25) is 0 Å². The number of hydrogen-bond donors (Lipinski definition) is 0. The molecule has 0 aliphatic heterocycles. The number of hydrogen-bond acceptors (Lipinski definition) is 2. The molecule has 0 spiro atoms. The van der Waals surface area contributed by atoms with Gasteiger partial charge in [0.05, 0.1) is 5.41 Å². The summed E-state index contributed by atoms with van der Waals surface area (Å²) >= 11 is 0. The van der Waals surface area contributed by atoms with Gasteiger partial charge in [0.15, 0.2) is 0 Å². The summed E-state index contributed by atoms with van der Waals surface area (Å²) in [6, 6.07) is 7.62. The molecule has 0 aromatic heterocycles. The normalized spacial score (nSPS) is 14.1. The lowest BCUT2D eigenvalue weighted by atomic mass is 9.83. The van der Waals surface area contributed by atoms with E-state index in [4.69, 9.17) is 4.74 Å². The molecule has 0 radical (unpaired) electrons. The molecule has 0 saturated heterocycles. The standard InChI is InChI=1S/C15H22O2/c1-5-11-15(4,6-2)14(16)17-13-10-8-7-9-12(13)3/h7-10H,5-6,11H2,1-4H3. The first kappa shape index (κ1) is 13.8. The quantitative estimate of drug-likeness (QED) is 0.566. The molecule has 0 bridgehead atoms.